The Hall–Kier alpha value is -1.00. The molecule has 0 saturated heterocycles. The lowest BCUT2D eigenvalue weighted by Gasteiger charge is -1.92. The fourth-order valence-electron chi connectivity index (χ4n) is 0.877. The van der Waals surface area contributed by atoms with Crippen LogP contribution in [0.15, 0.2) is 17.6 Å². The van der Waals surface area contributed by atoms with Crippen molar-refractivity contribution in [2.75, 3.05) is 0 Å². The molecule has 0 atom stereocenters. The van der Waals surface area contributed by atoms with Crippen LogP contribution in [-0.2, 0) is 6.61 Å². The van der Waals surface area contributed by atoms with Crippen molar-refractivity contribution in [2.24, 2.45) is 0 Å². The smallest absolute Gasteiger partial charge is 0.143 e. The highest BCUT2D eigenvalue weighted by molar-refractivity contribution is 7.16. The molecule has 56 valence electrons. The van der Waals surface area contributed by atoms with Crippen LogP contribution in [0.5, 0.6) is 0 Å². The highest BCUT2D eigenvalue weighted by Gasteiger charge is 1.97. The van der Waals surface area contributed by atoms with Crippen molar-refractivity contribution in [1.29, 1.82) is 0 Å². The van der Waals surface area contributed by atoms with Crippen LogP contribution >= 0.6 is 11.3 Å². The van der Waals surface area contributed by atoms with Gasteiger partial charge in [0.2, 0.25) is 0 Å². The van der Waals surface area contributed by atoms with Gasteiger partial charge >= 0.3 is 0 Å². The first-order valence-corrected chi connectivity index (χ1v) is 4.08. The van der Waals surface area contributed by atoms with Gasteiger partial charge in [0.15, 0.2) is 0 Å². The molecule has 3 nitrogen and oxygen atoms in total. The summed E-state index contributed by atoms with van der Waals surface area (Å²) in [6, 6.07) is 3.65. The number of aromatic nitrogens is 2. The van der Waals surface area contributed by atoms with Gasteiger partial charge in [0.25, 0.3) is 0 Å². The molecule has 1 N–H and O–H groups in total. The van der Waals surface area contributed by atoms with E-state index in [4.69, 9.17) is 5.11 Å². The van der Waals surface area contributed by atoms with E-state index in [-0.39, 0.29) is 6.61 Å². The van der Waals surface area contributed by atoms with Crippen LogP contribution in [0, 0.1) is 0 Å². The highest BCUT2D eigenvalue weighted by Crippen LogP contribution is 2.14. The molecule has 0 aromatic carbocycles. The second kappa shape index (κ2) is 2.56. The predicted molar refractivity (Wildman–Crippen MR) is 43.3 cm³/mol. The molecule has 2 aromatic heterocycles. The van der Waals surface area contributed by atoms with Gasteiger partial charge in [0.05, 0.1) is 23.3 Å². The van der Waals surface area contributed by atoms with E-state index in [0.717, 1.165) is 10.3 Å². The van der Waals surface area contributed by atoms with Crippen molar-refractivity contribution in [2.45, 2.75) is 6.61 Å². The number of aliphatic hydroxyl groups is 1. The van der Waals surface area contributed by atoms with Gasteiger partial charge in [-0.1, -0.05) is 0 Å². The van der Waals surface area contributed by atoms with E-state index in [0.29, 0.717) is 5.69 Å². The van der Waals surface area contributed by atoms with Crippen molar-refractivity contribution >= 4 is 21.7 Å². The molecule has 2 rings (SSSR count). The zero-order valence-corrected chi connectivity index (χ0v) is 6.51. The van der Waals surface area contributed by atoms with Gasteiger partial charge in [-0.25, -0.2) is 9.97 Å². The molecular weight excluding hydrogens is 160 g/mol. The summed E-state index contributed by atoms with van der Waals surface area (Å²) in [4.78, 5) is 9.11. The monoisotopic (exact) mass is 166 g/mol. The highest BCUT2D eigenvalue weighted by atomic mass is 32.1. The summed E-state index contributed by atoms with van der Waals surface area (Å²) in [6.07, 6.45) is 0. The number of aliphatic hydroxyl groups excluding tert-OH is 1. The predicted octanol–water partition coefficient (Wildman–Crippen LogP) is 1.18. The minimum Gasteiger partial charge on any atom is -0.390 e. The van der Waals surface area contributed by atoms with Crippen LogP contribution in [0.2, 0.25) is 0 Å². The normalized spacial score (nSPS) is 10.6. The van der Waals surface area contributed by atoms with Crippen molar-refractivity contribution in [3.8, 4) is 0 Å². The van der Waals surface area contributed by atoms with Crippen LogP contribution < -0.4 is 0 Å². The molecule has 11 heavy (non-hydrogen) atoms. The standard InChI is InChI=1S/C7H6N2OS/c10-3-5-1-2-6-7(9-5)11-4-8-6/h1-2,4,10H,3H2. The van der Waals surface area contributed by atoms with Crippen molar-refractivity contribution in [3.63, 3.8) is 0 Å². The number of thiazole rings is 1. The Morgan fingerprint density at radius 3 is 3.18 bits per heavy atom. The SMILES string of the molecule is OCc1ccc2ncsc2n1. The number of hydrogen-bond acceptors (Lipinski definition) is 4. The van der Waals surface area contributed by atoms with Crippen molar-refractivity contribution in [1.82, 2.24) is 9.97 Å². The van der Waals surface area contributed by atoms with Crippen LogP contribution in [0.25, 0.3) is 10.3 Å². The van der Waals surface area contributed by atoms with Gasteiger partial charge in [-0.05, 0) is 12.1 Å². The Kier molecular flexibility index (Phi) is 1.56. The van der Waals surface area contributed by atoms with Crippen LogP contribution in [0.4, 0.5) is 0 Å². The number of pyridine rings is 1. The summed E-state index contributed by atoms with van der Waals surface area (Å²) in [6.45, 7) is -0.00611. The molecule has 2 heterocycles. The van der Waals surface area contributed by atoms with Crippen LogP contribution in [-0.4, -0.2) is 15.1 Å². The molecule has 0 spiro atoms. The fraction of sp³-hybridized carbons (Fsp3) is 0.143. The topological polar surface area (TPSA) is 46.0 Å². The molecule has 0 aliphatic rings. The summed E-state index contributed by atoms with van der Waals surface area (Å²) in [5.74, 6) is 0. The molecule has 0 aliphatic carbocycles. The number of hydrogen-bond donors (Lipinski definition) is 1. The van der Waals surface area contributed by atoms with E-state index in [1.54, 1.807) is 11.6 Å². The van der Waals surface area contributed by atoms with E-state index >= 15 is 0 Å². The maximum absolute atomic E-state index is 8.76. The lowest BCUT2D eigenvalue weighted by molar-refractivity contribution is 0.277. The molecule has 4 heteroatoms. The lowest BCUT2D eigenvalue weighted by atomic mass is 10.3. The third kappa shape index (κ3) is 1.10. The van der Waals surface area contributed by atoms with E-state index in [9.17, 15) is 0 Å². The van der Waals surface area contributed by atoms with Crippen molar-refractivity contribution in [3.05, 3.63) is 23.3 Å². The second-order valence-corrected chi connectivity index (χ2v) is 2.97. The first-order valence-electron chi connectivity index (χ1n) is 3.20. The van der Waals surface area contributed by atoms with Crippen LogP contribution in [0.1, 0.15) is 5.69 Å². The Bertz CT molecular complexity index is 371. The second-order valence-electron chi connectivity index (χ2n) is 2.14. The van der Waals surface area contributed by atoms with Gasteiger partial charge in [-0.3, -0.25) is 0 Å². The Labute approximate surface area is 67.4 Å². The van der Waals surface area contributed by atoms with Gasteiger partial charge in [0.1, 0.15) is 4.83 Å². The first-order chi connectivity index (χ1) is 5.40. The number of fused-ring (bicyclic) bond motifs is 1. The molecule has 0 fully saturated rings. The molecule has 0 amide bonds. The summed E-state index contributed by atoms with van der Waals surface area (Å²) in [5.41, 5.74) is 3.34. The summed E-state index contributed by atoms with van der Waals surface area (Å²) < 4.78 is 0. The third-order valence-electron chi connectivity index (χ3n) is 1.42. The molecule has 0 bridgehead atoms. The first kappa shape index (κ1) is 6.69. The van der Waals surface area contributed by atoms with E-state index in [1.165, 1.54) is 11.3 Å². The zero-order valence-electron chi connectivity index (χ0n) is 5.69. The van der Waals surface area contributed by atoms with Gasteiger partial charge in [-0.2, -0.15) is 0 Å². The minimum atomic E-state index is -0.00611. The van der Waals surface area contributed by atoms with E-state index in [2.05, 4.69) is 9.97 Å². The number of rotatable bonds is 1. The maximum atomic E-state index is 8.76. The molecule has 2 aromatic rings. The van der Waals surface area contributed by atoms with Crippen molar-refractivity contribution < 1.29 is 5.11 Å². The molecule has 0 aliphatic heterocycles. The van der Waals surface area contributed by atoms with Crippen LogP contribution in [0.3, 0.4) is 0 Å². The number of nitrogens with zero attached hydrogens (tertiary/aromatic N) is 2. The third-order valence-corrected chi connectivity index (χ3v) is 2.15. The fourth-order valence-corrected chi connectivity index (χ4v) is 1.56. The minimum absolute atomic E-state index is 0.00611. The average Bonchev–Trinajstić information content (AvgIpc) is 2.50. The summed E-state index contributed by atoms with van der Waals surface area (Å²) >= 11 is 1.48. The largest absolute Gasteiger partial charge is 0.390 e. The van der Waals surface area contributed by atoms with E-state index < -0.39 is 0 Å². The Morgan fingerprint density at radius 2 is 2.36 bits per heavy atom. The molecule has 0 radical (unpaired) electrons. The molecular formula is C7H6N2OS. The van der Waals surface area contributed by atoms with Gasteiger partial charge < -0.3 is 5.11 Å². The van der Waals surface area contributed by atoms with Gasteiger partial charge in [0, 0.05) is 0 Å². The van der Waals surface area contributed by atoms with Gasteiger partial charge in [-0.15, -0.1) is 11.3 Å². The Morgan fingerprint density at radius 1 is 1.45 bits per heavy atom. The Balaban J connectivity index is 2.67. The molecule has 0 unspecified atom stereocenters. The van der Waals surface area contributed by atoms with E-state index in [1.807, 2.05) is 6.07 Å². The average molecular weight is 166 g/mol. The quantitative estimate of drug-likeness (QED) is 0.692. The summed E-state index contributed by atoms with van der Waals surface area (Å²) in [5, 5.41) is 8.76. The lowest BCUT2D eigenvalue weighted by Crippen LogP contribution is -1.86. The summed E-state index contributed by atoms with van der Waals surface area (Å²) in [7, 11) is 0. The zero-order chi connectivity index (χ0) is 7.68. The maximum Gasteiger partial charge on any atom is 0.143 e. The molecule has 0 saturated carbocycles.